The van der Waals surface area contributed by atoms with Gasteiger partial charge >= 0.3 is 17.9 Å². The highest BCUT2D eigenvalue weighted by Gasteiger charge is 2.31. The number of rotatable bonds is 52. The highest BCUT2D eigenvalue weighted by Crippen LogP contribution is 2.17. The van der Waals surface area contributed by atoms with E-state index in [-0.39, 0.29) is 36.2 Å². The van der Waals surface area contributed by atoms with Crippen molar-refractivity contribution in [3.05, 3.63) is 24.3 Å². The third-order valence-corrected chi connectivity index (χ3v) is 13.1. The van der Waals surface area contributed by atoms with Gasteiger partial charge in [0.2, 0.25) is 0 Å². The first kappa shape index (κ1) is 63.8. The molecule has 8 nitrogen and oxygen atoms in total. The lowest BCUT2D eigenvalue weighted by atomic mass is 10.0. The molecule has 0 radical (unpaired) electrons. The van der Waals surface area contributed by atoms with E-state index in [1.54, 1.807) is 0 Å². The first-order valence-corrected chi connectivity index (χ1v) is 28.4. The topological polar surface area (TPSA) is 99.1 Å². The van der Waals surface area contributed by atoms with Crippen LogP contribution in [0, 0.1) is 0 Å². The van der Waals surface area contributed by atoms with Crippen LogP contribution in [0.4, 0.5) is 0 Å². The Morgan fingerprint density at radius 2 is 0.803 bits per heavy atom. The van der Waals surface area contributed by atoms with Crippen LogP contribution in [-0.4, -0.2) is 80.6 Å². The molecule has 388 valence electrons. The first-order chi connectivity index (χ1) is 32.1. The predicted molar refractivity (Wildman–Crippen MR) is 280 cm³/mol. The second-order valence-corrected chi connectivity index (χ2v) is 20.6. The van der Waals surface area contributed by atoms with Gasteiger partial charge in [0.05, 0.1) is 34.4 Å². The highest BCUT2D eigenvalue weighted by molar-refractivity contribution is 5.72. The van der Waals surface area contributed by atoms with Gasteiger partial charge in [-0.15, -0.1) is 0 Å². The molecule has 2 atom stereocenters. The zero-order chi connectivity index (χ0) is 48.4. The smallest absolute Gasteiger partial charge is 0.362 e. The van der Waals surface area contributed by atoms with Gasteiger partial charge in [-0.25, -0.2) is 4.79 Å². The van der Waals surface area contributed by atoms with Crippen LogP contribution >= 0.6 is 0 Å². The SMILES string of the molecule is CCCCCCCCCCC/C=C/C/C=C/CCCCCCCCCC(=O)OCC(COCCC(C(=O)O)[N+](C)(C)C)OC(=O)CCCCCCCCCCCCCCCCCCCCC. The van der Waals surface area contributed by atoms with E-state index in [4.69, 9.17) is 14.2 Å². The van der Waals surface area contributed by atoms with Crippen LogP contribution < -0.4 is 0 Å². The van der Waals surface area contributed by atoms with Crippen LogP contribution in [0.5, 0.6) is 0 Å². The zero-order valence-electron chi connectivity index (χ0n) is 44.4. The third kappa shape index (κ3) is 46.9. The molecule has 8 heteroatoms. The predicted octanol–water partition coefficient (Wildman–Crippen LogP) is 16.8. The maximum atomic E-state index is 12.8. The quantitative estimate of drug-likeness (QED) is 0.0281. The molecule has 66 heavy (non-hydrogen) atoms. The molecule has 0 amide bonds. The number of carbonyl (C=O) groups excluding carboxylic acids is 2. The summed E-state index contributed by atoms with van der Waals surface area (Å²) in [6, 6.07) is -0.614. The minimum absolute atomic E-state index is 0.0500. The van der Waals surface area contributed by atoms with Crippen LogP contribution in [-0.2, 0) is 28.6 Å². The molecule has 0 bridgehead atoms. The number of carboxylic acids is 1. The normalized spacial score (nSPS) is 12.9. The van der Waals surface area contributed by atoms with E-state index >= 15 is 0 Å². The second-order valence-electron chi connectivity index (χ2n) is 20.6. The van der Waals surface area contributed by atoms with Crippen molar-refractivity contribution in [3.8, 4) is 0 Å². The molecular weight excluding hydrogens is 823 g/mol. The van der Waals surface area contributed by atoms with Gasteiger partial charge in [-0.3, -0.25) is 9.59 Å². The number of carboxylic acid groups (broad SMARTS) is 1. The summed E-state index contributed by atoms with van der Waals surface area (Å²) in [5.41, 5.74) is 0. The van der Waals surface area contributed by atoms with Crippen molar-refractivity contribution >= 4 is 17.9 Å². The summed E-state index contributed by atoms with van der Waals surface area (Å²) < 4.78 is 17.4. The van der Waals surface area contributed by atoms with Crippen LogP contribution in [0.15, 0.2) is 24.3 Å². The van der Waals surface area contributed by atoms with E-state index in [0.717, 1.165) is 51.4 Å². The Morgan fingerprint density at radius 1 is 0.455 bits per heavy atom. The molecule has 0 saturated carbocycles. The number of likely N-dealkylation sites (N-methyl/N-ethyl adjacent to an activating group) is 1. The Hall–Kier alpha value is -2.19. The van der Waals surface area contributed by atoms with Gasteiger partial charge in [0.25, 0.3) is 0 Å². The Bertz CT molecular complexity index is 1130. The molecular formula is C58H110NO7+. The minimum Gasteiger partial charge on any atom is -0.477 e. The molecule has 2 unspecified atom stereocenters. The molecule has 0 heterocycles. The van der Waals surface area contributed by atoms with Crippen LogP contribution in [0.25, 0.3) is 0 Å². The van der Waals surface area contributed by atoms with Gasteiger partial charge in [-0.1, -0.05) is 237 Å². The summed E-state index contributed by atoms with van der Waals surface area (Å²) in [5, 5.41) is 9.67. The summed E-state index contributed by atoms with van der Waals surface area (Å²) >= 11 is 0. The number of quaternary nitrogens is 1. The number of ether oxygens (including phenoxy) is 3. The Labute approximate surface area is 409 Å². The lowest BCUT2D eigenvalue weighted by molar-refractivity contribution is -0.887. The van der Waals surface area contributed by atoms with Crippen molar-refractivity contribution in [1.29, 1.82) is 0 Å². The molecule has 0 saturated heterocycles. The number of hydrogen-bond acceptors (Lipinski definition) is 6. The van der Waals surface area contributed by atoms with Crippen molar-refractivity contribution in [2.45, 2.75) is 289 Å². The number of aliphatic carboxylic acids is 1. The fourth-order valence-corrected chi connectivity index (χ4v) is 8.71. The van der Waals surface area contributed by atoms with Gasteiger partial charge in [0.15, 0.2) is 12.1 Å². The molecule has 0 aromatic heterocycles. The van der Waals surface area contributed by atoms with Crippen molar-refractivity contribution < 1.29 is 38.2 Å². The largest absolute Gasteiger partial charge is 0.477 e. The maximum absolute atomic E-state index is 12.8. The molecule has 0 aliphatic carbocycles. The lowest BCUT2D eigenvalue weighted by Crippen LogP contribution is -2.50. The summed E-state index contributed by atoms with van der Waals surface area (Å²) in [6.07, 6.45) is 58.1. The fourth-order valence-electron chi connectivity index (χ4n) is 8.71. The summed E-state index contributed by atoms with van der Waals surface area (Å²) in [5.74, 6) is -1.45. The second kappa shape index (κ2) is 49.2. The van der Waals surface area contributed by atoms with Crippen LogP contribution in [0.2, 0.25) is 0 Å². The van der Waals surface area contributed by atoms with E-state index in [9.17, 15) is 19.5 Å². The van der Waals surface area contributed by atoms with Crippen molar-refractivity contribution in [2.24, 2.45) is 0 Å². The molecule has 1 N–H and O–H groups in total. The van der Waals surface area contributed by atoms with Crippen molar-refractivity contribution in [3.63, 3.8) is 0 Å². The van der Waals surface area contributed by atoms with E-state index in [1.807, 2.05) is 21.1 Å². The monoisotopic (exact) mass is 933 g/mol. The van der Waals surface area contributed by atoms with Crippen LogP contribution in [0.3, 0.4) is 0 Å². The minimum atomic E-state index is -0.872. The Kier molecular flexibility index (Phi) is 47.6. The van der Waals surface area contributed by atoms with Gasteiger partial charge in [-0.05, 0) is 44.9 Å². The van der Waals surface area contributed by atoms with Gasteiger partial charge in [-0.2, -0.15) is 0 Å². The Balaban J connectivity index is 4.17. The number of hydrogen-bond donors (Lipinski definition) is 1. The van der Waals surface area contributed by atoms with Crippen molar-refractivity contribution in [2.75, 3.05) is 41.0 Å². The molecule has 0 aliphatic rings. The van der Waals surface area contributed by atoms with E-state index in [1.165, 1.54) is 193 Å². The lowest BCUT2D eigenvalue weighted by Gasteiger charge is -2.31. The molecule has 0 aromatic rings. The molecule has 0 aliphatic heterocycles. The number of carbonyl (C=O) groups is 3. The maximum Gasteiger partial charge on any atom is 0.362 e. The highest BCUT2D eigenvalue weighted by atomic mass is 16.6. The number of esters is 2. The van der Waals surface area contributed by atoms with Gasteiger partial charge in [0.1, 0.15) is 6.61 Å². The average Bonchev–Trinajstić information content (AvgIpc) is 3.28. The van der Waals surface area contributed by atoms with Gasteiger partial charge in [0, 0.05) is 19.3 Å². The third-order valence-electron chi connectivity index (χ3n) is 13.1. The molecule has 0 aromatic carbocycles. The number of allylic oxidation sites excluding steroid dienone is 4. The number of unbranched alkanes of at least 4 members (excludes halogenated alkanes) is 34. The molecule has 0 fully saturated rings. The van der Waals surface area contributed by atoms with Crippen LogP contribution in [0.1, 0.15) is 277 Å². The van der Waals surface area contributed by atoms with Gasteiger partial charge < -0.3 is 23.8 Å². The van der Waals surface area contributed by atoms with E-state index in [2.05, 4.69) is 38.2 Å². The zero-order valence-corrected chi connectivity index (χ0v) is 44.4. The molecule has 0 spiro atoms. The molecule has 0 rings (SSSR count). The summed E-state index contributed by atoms with van der Waals surface area (Å²) in [4.78, 5) is 37.3. The summed E-state index contributed by atoms with van der Waals surface area (Å²) in [6.45, 7) is 4.78. The number of nitrogens with zero attached hydrogens (tertiary/aromatic N) is 1. The first-order valence-electron chi connectivity index (χ1n) is 28.4. The fraction of sp³-hybridized carbons (Fsp3) is 0.879. The average molecular weight is 934 g/mol. The van der Waals surface area contributed by atoms with Crippen molar-refractivity contribution in [1.82, 2.24) is 0 Å². The van der Waals surface area contributed by atoms with E-state index < -0.39 is 18.1 Å². The van der Waals surface area contributed by atoms with E-state index in [0.29, 0.717) is 19.3 Å². The Morgan fingerprint density at radius 3 is 1.17 bits per heavy atom. The summed E-state index contributed by atoms with van der Waals surface area (Å²) in [7, 11) is 5.55. The standard InChI is InChI=1S/C58H109NO7/c1-6-8-10-12-14-16-18-20-22-24-26-27-28-29-31-32-34-36-38-40-42-44-46-48-56(60)65-53-54(52-64-51-50-55(58(62)63)59(3,4)5)66-57(61)49-47-45-43-41-39-37-35-33-30-25-23-21-19-17-15-13-11-9-7-2/h26-27,29,31,54-55H,6-25,28,30,32-53H2,1-5H3/p+1/b27-26+,31-29+.